The Kier molecular flexibility index (Phi) is 5.57. The molecule has 4 nitrogen and oxygen atoms in total. The van der Waals surface area contributed by atoms with Gasteiger partial charge in [-0.15, -0.1) is 0 Å². The van der Waals surface area contributed by atoms with Gasteiger partial charge < -0.3 is 18.6 Å². The van der Waals surface area contributed by atoms with Crippen molar-refractivity contribution in [3.05, 3.63) is 133 Å². The number of hydrogen-bond donors (Lipinski definition) is 0. The lowest BCUT2D eigenvalue weighted by Crippen LogP contribution is -2.51. The zero-order valence-corrected chi connectivity index (χ0v) is 30.5. The minimum Gasteiger partial charge on any atom is -0.458 e. The van der Waals surface area contributed by atoms with Crippen molar-refractivity contribution in [2.45, 2.75) is 29.6 Å². The summed E-state index contributed by atoms with van der Waals surface area (Å²) in [6, 6.07) is 46.8. The van der Waals surface area contributed by atoms with Gasteiger partial charge in [-0.2, -0.15) is 23.2 Å². The Morgan fingerprint density at radius 3 is 1.45 bits per heavy atom. The van der Waals surface area contributed by atoms with Crippen LogP contribution in [0.1, 0.15) is 25.3 Å². The van der Waals surface area contributed by atoms with Crippen molar-refractivity contribution in [3.8, 4) is 34.4 Å². The molecule has 0 radical (unpaired) electrons. The van der Waals surface area contributed by atoms with Crippen molar-refractivity contribution in [1.82, 2.24) is 9.13 Å². The molecule has 4 aliphatic heterocycles. The van der Waals surface area contributed by atoms with Gasteiger partial charge in [0.15, 0.2) is 0 Å². The number of aromatic nitrogens is 2. The first kappa shape index (κ1) is 29.1. The van der Waals surface area contributed by atoms with Crippen LogP contribution in [0.5, 0.6) is 23.0 Å². The Bertz CT molecular complexity index is 2940. The number of fused-ring (bicyclic) bond motifs is 12. The van der Waals surface area contributed by atoms with E-state index in [1.807, 2.05) is 23.2 Å². The smallest absolute Gasteiger partial charge is 0.291 e. The highest BCUT2D eigenvalue weighted by atomic mass is 32.2. The molecule has 0 saturated heterocycles. The van der Waals surface area contributed by atoms with E-state index in [1.165, 1.54) is 86.6 Å². The predicted molar refractivity (Wildman–Crippen MR) is 224 cm³/mol. The average Bonchev–Trinajstić information content (AvgIpc) is 3.58. The van der Waals surface area contributed by atoms with Crippen LogP contribution in [0.3, 0.4) is 0 Å². The maximum atomic E-state index is 7.16. The second-order valence-corrected chi connectivity index (χ2v) is 17.2. The van der Waals surface area contributed by atoms with E-state index < -0.39 is 0 Å². The van der Waals surface area contributed by atoms with Crippen molar-refractivity contribution in [2.75, 3.05) is 0 Å². The van der Waals surface area contributed by atoms with Crippen LogP contribution in [-0.4, -0.2) is 21.1 Å². The third-order valence-corrected chi connectivity index (χ3v) is 14.4. The van der Waals surface area contributed by atoms with E-state index in [9.17, 15) is 0 Å². The van der Waals surface area contributed by atoms with Gasteiger partial charge in [-0.25, -0.2) is 0 Å². The first-order chi connectivity index (χ1) is 26.1. The number of rotatable bonds is 1. The largest absolute Gasteiger partial charge is 0.458 e. The molecule has 0 fully saturated rings. The number of benzene rings is 7. The molecule has 0 atom stereocenters. The summed E-state index contributed by atoms with van der Waals surface area (Å²) in [7, 11) is 0. The molecule has 0 unspecified atom stereocenters. The summed E-state index contributed by atoms with van der Waals surface area (Å²) in [5, 5.41) is 5.13. The molecule has 4 aliphatic rings. The standard InChI is InChI=1S/C45H28B2N2O2S2/c1-24(2)39-44-29(46-40-33(17-9-19-35(40)50-44)48-31-15-5-3-11-25(31)27-13-7-21-37(52-46)42(27)48)23-30-45(39)51-36-20-10-18-34-41(36)47(30)53-38-22-8-14-28-26-12-4-6-16-32(26)49(34)43(28)38/h3-24H,1-2H3. The van der Waals surface area contributed by atoms with Gasteiger partial charge in [0.1, 0.15) is 23.0 Å². The fourth-order valence-corrected chi connectivity index (χ4v) is 12.5. The van der Waals surface area contributed by atoms with Crippen LogP contribution in [0.25, 0.3) is 55.0 Å². The number of nitrogens with zero attached hydrogens (tertiary/aromatic N) is 2. The normalized spacial score (nSPS) is 14.5. The Hall–Kier alpha value is -5.43. The molecule has 0 amide bonds. The molecule has 248 valence electrons. The minimum atomic E-state index is 0.0329. The Labute approximate surface area is 314 Å². The van der Waals surface area contributed by atoms with Gasteiger partial charge >= 0.3 is 0 Å². The van der Waals surface area contributed by atoms with E-state index in [0.29, 0.717) is 0 Å². The maximum absolute atomic E-state index is 7.16. The monoisotopic (exact) mass is 714 g/mol. The van der Waals surface area contributed by atoms with E-state index in [2.05, 4.69) is 150 Å². The van der Waals surface area contributed by atoms with E-state index in [4.69, 9.17) is 9.47 Å². The number of para-hydroxylation sites is 4. The fourth-order valence-electron chi connectivity index (χ4n) is 9.71. The first-order valence-electron chi connectivity index (χ1n) is 18.3. The average molecular weight is 714 g/mol. The lowest BCUT2D eigenvalue weighted by Gasteiger charge is -2.35. The topological polar surface area (TPSA) is 28.3 Å². The highest BCUT2D eigenvalue weighted by molar-refractivity contribution is 8.28. The van der Waals surface area contributed by atoms with Gasteiger partial charge in [0, 0.05) is 59.2 Å². The highest BCUT2D eigenvalue weighted by Gasteiger charge is 2.45. The first-order valence-corrected chi connectivity index (χ1v) is 20.1. The van der Waals surface area contributed by atoms with Crippen LogP contribution in [0.2, 0.25) is 0 Å². The van der Waals surface area contributed by atoms with Gasteiger partial charge in [0.05, 0.1) is 22.1 Å². The predicted octanol–water partition coefficient (Wildman–Crippen LogP) is 9.64. The number of hydrogen-bond acceptors (Lipinski definition) is 4. The third-order valence-electron chi connectivity index (χ3n) is 11.8. The molecule has 6 heterocycles. The molecule has 53 heavy (non-hydrogen) atoms. The van der Waals surface area contributed by atoms with Crippen LogP contribution in [0, 0.1) is 0 Å². The van der Waals surface area contributed by atoms with Crippen molar-refractivity contribution < 1.29 is 9.47 Å². The molecule has 0 spiro atoms. The summed E-state index contributed by atoms with van der Waals surface area (Å²) >= 11 is 3.92. The van der Waals surface area contributed by atoms with Gasteiger partial charge in [-0.3, -0.25) is 0 Å². The summed E-state index contributed by atoms with van der Waals surface area (Å²) in [6.07, 6.45) is 0. The molecule has 7 aromatic carbocycles. The zero-order valence-electron chi connectivity index (χ0n) is 28.9. The third kappa shape index (κ3) is 3.59. The van der Waals surface area contributed by atoms with Crippen molar-refractivity contribution in [1.29, 1.82) is 0 Å². The zero-order chi connectivity index (χ0) is 34.7. The summed E-state index contributed by atoms with van der Waals surface area (Å²) in [5.74, 6) is 3.98. The molecule has 0 N–H and O–H groups in total. The Morgan fingerprint density at radius 1 is 0.509 bits per heavy atom. The molecule has 0 bridgehead atoms. The van der Waals surface area contributed by atoms with Gasteiger partial charge in [0.2, 0.25) is 0 Å². The SMILES string of the molecule is CC(C)c1c2c(cc3c1Oc1cccc4c1B3Sc1cccc3c5ccccc5n-4c13)B1Sc3cccc4c5ccccc5n(c34)-c3cccc(c31)O2. The van der Waals surface area contributed by atoms with Crippen molar-refractivity contribution in [2.24, 2.45) is 0 Å². The molecule has 0 saturated carbocycles. The van der Waals surface area contributed by atoms with Crippen LogP contribution in [0.15, 0.2) is 137 Å². The molecule has 8 heteroatoms. The van der Waals surface area contributed by atoms with Gasteiger partial charge in [-0.05, 0) is 65.4 Å². The van der Waals surface area contributed by atoms with E-state index in [1.54, 1.807) is 0 Å². The second kappa shape index (κ2) is 10.2. The summed E-state index contributed by atoms with van der Waals surface area (Å²) < 4.78 is 19.3. The molecular formula is C45H28B2N2O2S2. The lowest BCUT2D eigenvalue weighted by atomic mass is 9.53. The van der Waals surface area contributed by atoms with Crippen LogP contribution in [-0.2, 0) is 0 Å². The van der Waals surface area contributed by atoms with Crippen molar-refractivity contribution >= 4 is 101 Å². The molecule has 13 rings (SSSR count). The summed E-state index contributed by atoms with van der Waals surface area (Å²) in [5.41, 5.74) is 13.4. The van der Waals surface area contributed by atoms with Gasteiger partial charge in [-0.1, -0.05) is 92.7 Å². The molecule has 0 aliphatic carbocycles. The maximum Gasteiger partial charge on any atom is 0.291 e. The quantitative estimate of drug-likeness (QED) is 0.159. The molecule has 9 aromatic rings. The minimum absolute atomic E-state index is 0.0329. The highest BCUT2D eigenvalue weighted by Crippen LogP contribution is 2.49. The van der Waals surface area contributed by atoms with E-state index in [-0.39, 0.29) is 17.9 Å². The summed E-state index contributed by atoms with van der Waals surface area (Å²) in [4.78, 5) is 2.57. The molecular weight excluding hydrogens is 686 g/mol. The Morgan fingerprint density at radius 2 is 0.962 bits per heavy atom. The summed E-state index contributed by atoms with van der Waals surface area (Å²) in [6.45, 7) is 4.55. The second-order valence-electron chi connectivity index (χ2n) is 14.9. The van der Waals surface area contributed by atoms with Crippen LogP contribution < -0.4 is 31.3 Å². The van der Waals surface area contributed by atoms with Crippen molar-refractivity contribution in [3.63, 3.8) is 0 Å². The van der Waals surface area contributed by atoms with Crippen LogP contribution >= 0.6 is 23.2 Å². The fraction of sp³-hybridized carbons (Fsp3) is 0.0667. The molecule has 2 aromatic heterocycles. The van der Waals surface area contributed by atoms with Crippen LogP contribution in [0.4, 0.5) is 0 Å². The van der Waals surface area contributed by atoms with E-state index >= 15 is 0 Å². The Balaban J connectivity index is 1.09. The lowest BCUT2D eigenvalue weighted by molar-refractivity contribution is 0.450. The van der Waals surface area contributed by atoms with E-state index in [0.717, 1.165) is 28.6 Å². The number of ether oxygens (including phenoxy) is 2. The van der Waals surface area contributed by atoms with Gasteiger partial charge in [0.25, 0.3) is 12.0 Å².